The molecule has 0 bridgehead atoms. The Morgan fingerprint density at radius 3 is 3.17 bits per heavy atom. The maximum atomic E-state index is 3.30. The summed E-state index contributed by atoms with van der Waals surface area (Å²) in [5.74, 6) is 5.86. The quantitative estimate of drug-likeness (QED) is 0.380. The zero-order valence-electron chi connectivity index (χ0n) is 7.82. The number of nitrogens with one attached hydrogen (secondary N) is 1. The number of rotatable bonds is 4. The predicted octanol–water partition coefficient (Wildman–Crippen LogP) is 2.10. The van der Waals surface area contributed by atoms with Gasteiger partial charge in [0.25, 0.3) is 0 Å². The first kappa shape index (κ1) is 9.35. The molecule has 0 fully saturated rings. The van der Waals surface area contributed by atoms with E-state index in [1.807, 2.05) is 6.92 Å². The topological polar surface area (TPSA) is 12.0 Å². The van der Waals surface area contributed by atoms with Gasteiger partial charge >= 0.3 is 0 Å². The fourth-order valence-corrected chi connectivity index (χ4v) is 1.45. The standard InChI is InChI=1S/C11H17N/c1-2-3-9-12-10-8-11-6-4-5-7-11/h6,12H,4-5,7-10H2,1H3. The summed E-state index contributed by atoms with van der Waals surface area (Å²) in [7, 11) is 0. The molecular weight excluding hydrogens is 146 g/mol. The maximum Gasteiger partial charge on any atom is 0.0576 e. The molecule has 0 radical (unpaired) electrons. The molecule has 1 aliphatic carbocycles. The molecule has 0 aromatic carbocycles. The Kier molecular flexibility index (Phi) is 4.56. The minimum atomic E-state index is 0.837. The van der Waals surface area contributed by atoms with Gasteiger partial charge in [-0.15, -0.1) is 5.92 Å². The lowest BCUT2D eigenvalue weighted by Crippen LogP contribution is -2.15. The summed E-state index contributed by atoms with van der Waals surface area (Å²) in [4.78, 5) is 0. The highest BCUT2D eigenvalue weighted by atomic mass is 14.8. The van der Waals surface area contributed by atoms with Crippen LogP contribution in [-0.2, 0) is 0 Å². The van der Waals surface area contributed by atoms with Crippen LogP contribution in [0.25, 0.3) is 0 Å². The van der Waals surface area contributed by atoms with Crippen molar-refractivity contribution in [2.45, 2.75) is 32.6 Å². The fraction of sp³-hybridized carbons (Fsp3) is 0.636. The Labute approximate surface area is 75.2 Å². The van der Waals surface area contributed by atoms with E-state index in [0.29, 0.717) is 0 Å². The average molecular weight is 163 g/mol. The lowest BCUT2D eigenvalue weighted by Gasteiger charge is -2.01. The van der Waals surface area contributed by atoms with Crippen LogP contribution in [-0.4, -0.2) is 13.1 Å². The predicted molar refractivity (Wildman–Crippen MR) is 52.9 cm³/mol. The fourth-order valence-electron chi connectivity index (χ4n) is 1.45. The lowest BCUT2D eigenvalue weighted by molar-refractivity contribution is 0.732. The Hall–Kier alpha value is -0.740. The van der Waals surface area contributed by atoms with Crippen molar-refractivity contribution in [2.24, 2.45) is 0 Å². The van der Waals surface area contributed by atoms with Crippen LogP contribution in [0.1, 0.15) is 32.6 Å². The van der Waals surface area contributed by atoms with Gasteiger partial charge in [0.1, 0.15) is 0 Å². The van der Waals surface area contributed by atoms with Gasteiger partial charge in [0.05, 0.1) is 6.54 Å². The van der Waals surface area contributed by atoms with Gasteiger partial charge in [-0.05, 0) is 39.2 Å². The zero-order valence-corrected chi connectivity index (χ0v) is 7.82. The number of hydrogen-bond donors (Lipinski definition) is 1. The third kappa shape index (κ3) is 3.59. The third-order valence-corrected chi connectivity index (χ3v) is 2.15. The first-order valence-electron chi connectivity index (χ1n) is 4.71. The van der Waals surface area contributed by atoms with Crippen LogP contribution in [0.15, 0.2) is 11.6 Å². The zero-order chi connectivity index (χ0) is 8.65. The minimum Gasteiger partial charge on any atom is -0.306 e. The van der Waals surface area contributed by atoms with Gasteiger partial charge in [0.2, 0.25) is 0 Å². The van der Waals surface area contributed by atoms with Crippen LogP contribution in [0, 0.1) is 11.8 Å². The van der Waals surface area contributed by atoms with Gasteiger partial charge in [0, 0.05) is 0 Å². The first-order valence-corrected chi connectivity index (χ1v) is 4.71. The second-order valence-electron chi connectivity index (χ2n) is 3.11. The summed E-state index contributed by atoms with van der Waals surface area (Å²) in [5, 5.41) is 3.30. The molecule has 1 rings (SSSR count). The second-order valence-corrected chi connectivity index (χ2v) is 3.11. The molecule has 1 heteroatoms. The van der Waals surface area contributed by atoms with Gasteiger partial charge in [0.15, 0.2) is 0 Å². The van der Waals surface area contributed by atoms with Crippen LogP contribution >= 0.6 is 0 Å². The van der Waals surface area contributed by atoms with E-state index >= 15 is 0 Å². The molecule has 0 amide bonds. The molecule has 12 heavy (non-hydrogen) atoms. The molecule has 1 nitrogen and oxygen atoms in total. The SMILES string of the molecule is CC#CCNCCC1=CCCC1. The van der Waals surface area contributed by atoms with E-state index in [2.05, 4.69) is 23.2 Å². The van der Waals surface area contributed by atoms with Gasteiger partial charge in [-0.2, -0.15) is 0 Å². The Morgan fingerprint density at radius 1 is 1.58 bits per heavy atom. The molecule has 0 aromatic rings. The normalized spacial score (nSPS) is 15.2. The molecule has 0 spiro atoms. The number of hydrogen-bond acceptors (Lipinski definition) is 1. The summed E-state index contributed by atoms with van der Waals surface area (Å²) >= 11 is 0. The van der Waals surface area contributed by atoms with E-state index in [-0.39, 0.29) is 0 Å². The van der Waals surface area contributed by atoms with Crippen molar-refractivity contribution in [1.29, 1.82) is 0 Å². The highest BCUT2D eigenvalue weighted by molar-refractivity contribution is 5.07. The van der Waals surface area contributed by atoms with Crippen LogP contribution in [0.2, 0.25) is 0 Å². The van der Waals surface area contributed by atoms with E-state index in [1.54, 1.807) is 5.57 Å². The van der Waals surface area contributed by atoms with Crippen molar-refractivity contribution < 1.29 is 0 Å². The Morgan fingerprint density at radius 2 is 2.50 bits per heavy atom. The van der Waals surface area contributed by atoms with E-state index in [0.717, 1.165) is 13.1 Å². The smallest absolute Gasteiger partial charge is 0.0576 e. The largest absolute Gasteiger partial charge is 0.306 e. The van der Waals surface area contributed by atoms with E-state index in [4.69, 9.17) is 0 Å². The second kappa shape index (κ2) is 5.85. The van der Waals surface area contributed by atoms with Crippen LogP contribution < -0.4 is 5.32 Å². The van der Waals surface area contributed by atoms with E-state index in [9.17, 15) is 0 Å². The highest BCUT2D eigenvalue weighted by Gasteiger charge is 2.02. The van der Waals surface area contributed by atoms with Crippen LogP contribution in [0.3, 0.4) is 0 Å². The van der Waals surface area contributed by atoms with Gasteiger partial charge in [-0.25, -0.2) is 0 Å². The molecule has 0 saturated heterocycles. The molecule has 0 unspecified atom stereocenters. The van der Waals surface area contributed by atoms with Gasteiger partial charge < -0.3 is 5.32 Å². The molecule has 0 aromatic heterocycles. The summed E-state index contributed by atoms with van der Waals surface area (Å²) < 4.78 is 0. The Bertz CT molecular complexity index is 205. The van der Waals surface area contributed by atoms with Crippen molar-refractivity contribution in [1.82, 2.24) is 5.32 Å². The van der Waals surface area contributed by atoms with Crippen LogP contribution in [0.5, 0.6) is 0 Å². The molecule has 0 atom stereocenters. The molecular formula is C11H17N. The summed E-state index contributed by atoms with van der Waals surface area (Å²) in [5.41, 5.74) is 1.63. The number of allylic oxidation sites excluding steroid dienone is 1. The van der Waals surface area contributed by atoms with E-state index in [1.165, 1.54) is 25.7 Å². The molecule has 0 heterocycles. The van der Waals surface area contributed by atoms with Crippen molar-refractivity contribution in [3.05, 3.63) is 11.6 Å². The Balaban J connectivity index is 1.97. The molecule has 1 aliphatic rings. The van der Waals surface area contributed by atoms with Crippen molar-refractivity contribution in [3.63, 3.8) is 0 Å². The van der Waals surface area contributed by atoms with Crippen molar-refractivity contribution in [3.8, 4) is 11.8 Å². The van der Waals surface area contributed by atoms with Crippen LogP contribution in [0.4, 0.5) is 0 Å². The highest BCUT2D eigenvalue weighted by Crippen LogP contribution is 2.19. The molecule has 0 saturated carbocycles. The monoisotopic (exact) mass is 163 g/mol. The molecule has 1 N–H and O–H groups in total. The molecule has 66 valence electrons. The van der Waals surface area contributed by atoms with Crippen molar-refractivity contribution in [2.75, 3.05) is 13.1 Å². The van der Waals surface area contributed by atoms with Crippen molar-refractivity contribution >= 4 is 0 Å². The van der Waals surface area contributed by atoms with Gasteiger partial charge in [-0.3, -0.25) is 0 Å². The first-order chi connectivity index (χ1) is 5.93. The average Bonchev–Trinajstić information content (AvgIpc) is 2.57. The summed E-state index contributed by atoms with van der Waals surface area (Å²) in [6.07, 6.45) is 7.58. The van der Waals surface area contributed by atoms with E-state index < -0.39 is 0 Å². The minimum absolute atomic E-state index is 0.837. The van der Waals surface area contributed by atoms with Gasteiger partial charge in [-0.1, -0.05) is 17.6 Å². The molecule has 0 aliphatic heterocycles. The summed E-state index contributed by atoms with van der Waals surface area (Å²) in [6, 6.07) is 0. The summed E-state index contributed by atoms with van der Waals surface area (Å²) in [6.45, 7) is 3.80. The lowest BCUT2D eigenvalue weighted by atomic mass is 10.2. The third-order valence-electron chi connectivity index (χ3n) is 2.15. The maximum absolute atomic E-state index is 3.30.